The van der Waals surface area contributed by atoms with Crippen molar-refractivity contribution in [3.05, 3.63) is 59.5 Å². The Kier molecular flexibility index (Phi) is 6.34. The number of hydrogen-bond donors (Lipinski definition) is 0. The molecule has 0 N–H and O–H groups in total. The Labute approximate surface area is 108 Å². The highest BCUT2D eigenvalue weighted by Crippen LogP contribution is 2.24. The second-order valence-electron chi connectivity index (χ2n) is 3.78. The average Bonchev–Trinajstić information content (AvgIpc) is 2.74. The third-order valence-electron chi connectivity index (χ3n) is 2.35. The van der Waals surface area contributed by atoms with E-state index < -0.39 is 0 Å². The highest BCUT2D eigenvalue weighted by atomic mass is 32.1. The summed E-state index contributed by atoms with van der Waals surface area (Å²) in [5.74, 6) is 0. The molecule has 1 aromatic heterocycles. The van der Waals surface area contributed by atoms with Crippen LogP contribution in [0.25, 0.3) is 10.1 Å². The molecule has 90 valence electrons. The second-order valence-corrected chi connectivity index (χ2v) is 4.69. The molecule has 0 fully saturated rings. The van der Waals surface area contributed by atoms with Crippen molar-refractivity contribution in [2.24, 2.45) is 0 Å². The summed E-state index contributed by atoms with van der Waals surface area (Å²) in [6.07, 6.45) is 9.36. The summed E-state index contributed by atoms with van der Waals surface area (Å²) in [4.78, 5) is 0. The van der Waals surface area contributed by atoms with Crippen molar-refractivity contribution in [2.45, 2.75) is 27.2 Å². The van der Waals surface area contributed by atoms with E-state index in [1.807, 2.05) is 30.4 Å². The highest BCUT2D eigenvalue weighted by Gasteiger charge is 1.95. The standard InChI is InChI=1S/C9H8S.C7H12/c1-7-6-10-9-5-3-2-4-8(7)9;1-3-5-7-6-4-2/h2-6H,1H3;3,5-7H,4H2,1-2H3/b;5-3-,7-6-. The Bertz CT molecular complexity index is 489. The van der Waals surface area contributed by atoms with E-state index in [0.717, 1.165) is 6.42 Å². The van der Waals surface area contributed by atoms with Crippen LogP contribution in [0.5, 0.6) is 0 Å². The van der Waals surface area contributed by atoms with Crippen LogP contribution in [0.3, 0.4) is 0 Å². The maximum atomic E-state index is 2.20. The Morgan fingerprint density at radius 3 is 2.59 bits per heavy atom. The maximum Gasteiger partial charge on any atom is 0.0345 e. The summed E-state index contributed by atoms with van der Waals surface area (Å²) in [5.41, 5.74) is 1.39. The van der Waals surface area contributed by atoms with E-state index in [0.29, 0.717) is 0 Å². The monoisotopic (exact) mass is 244 g/mol. The Balaban J connectivity index is 0.000000185. The summed E-state index contributed by atoms with van der Waals surface area (Å²) < 4.78 is 1.39. The van der Waals surface area contributed by atoms with Gasteiger partial charge in [-0.3, -0.25) is 0 Å². The molecule has 0 atom stereocenters. The van der Waals surface area contributed by atoms with Crippen LogP contribution in [-0.2, 0) is 0 Å². The van der Waals surface area contributed by atoms with Gasteiger partial charge in [0.15, 0.2) is 0 Å². The first-order valence-electron chi connectivity index (χ1n) is 6.00. The molecule has 0 aliphatic heterocycles. The van der Waals surface area contributed by atoms with Crippen LogP contribution in [0, 0.1) is 6.92 Å². The molecule has 1 aromatic carbocycles. The van der Waals surface area contributed by atoms with Crippen molar-refractivity contribution < 1.29 is 0 Å². The Morgan fingerprint density at radius 1 is 1.18 bits per heavy atom. The van der Waals surface area contributed by atoms with Gasteiger partial charge in [-0.2, -0.15) is 0 Å². The minimum absolute atomic E-state index is 1.13. The molecule has 0 saturated heterocycles. The van der Waals surface area contributed by atoms with E-state index in [-0.39, 0.29) is 0 Å². The van der Waals surface area contributed by atoms with Crippen LogP contribution in [0.1, 0.15) is 25.8 Å². The van der Waals surface area contributed by atoms with Gasteiger partial charge in [0.25, 0.3) is 0 Å². The molecular weight excluding hydrogens is 224 g/mol. The maximum absolute atomic E-state index is 2.20. The number of fused-ring (bicyclic) bond motifs is 1. The van der Waals surface area contributed by atoms with Crippen LogP contribution in [0.15, 0.2) is 53.9 Å². The van der Waals surface area contributed by atoms with Crippen LogP contribution in [0.2, 0.25) is 0 Å². The Hall–Kier alpha value is -1.34. The van der Waals surface area contributed by atoms with Crippen molar-refractivity contribution >= 4 is 21.4 Å². The van der Waals surface area contributed by atoms with Gasteiger partial charge in [-0.05, 0) is 42.7 Å². The molecule has 0 aliphatic carbocycles. The van der Waals surface area contributed by atoms with Crippen LogP contribution in [0.4, 0.5) is 0 Å². The zero-order chi connectivity index (χ0) is 12.5. The van der Waals surface area contributed by atoms with E-state index in [2.05, 4.69) is 55.6 Å². The lowest BCUT2D eigenvalue weighted by Gasteiger charge is -1.86. The number of rotatable bonds is 2. The fourth-order valence-corrected chi connectivity index (χ4v) is 2.38. The van der Waals surface area contributed by atoms with Crippen LogP contribution < -0.4 is 0 Å². The quantitative estimate of drug-likeness (QED) is 0.591. The van der Waals surface area contributed by atoms with Gasteiger partial charge < -0.3 is 0 Å². The van der Waals surface area contributed by atoms with E-state index in [9.17, 15) is 0 Å². The molecule has 2 aromatic rings. The molecule has 17 heavy (non-hydrogen) atoms. The van der Waals surface area contributed by atoms with Crippen LogP contribution in [-0.4, -0.2) is 0 Å². The van der Waals surface area contributed by atoms with Crippen molar-refractivity contribution in [3.8, 4) is 0 Å². The van der Waals surface area contributed by atoms with E-state index in [1.54, 1.807) is 0 Å². The molecule has 0 nitrogen and oxygen atoms in total. The normalized spacial score (nSPS) is 11.0. The smallest absolute Gasteiger partial charge is 0.0345 e. The molecule has 0 bridgehead atoms. The third kappa shape index (κ3) is 4.58. The second kappa shape index (κ2) is 7.86. The lowest BCUT2D eigenvalue weighted by molar-refractivity contribution is 1.22. The summed E-state index contributed by atoms with van der Waals surface area (Å²) in [6.45, 7) is 6.29. The summed E-state index contributed by atoms with van der Waals surface area (Å²) in [5, 5.41) is 3.59. The number of thiophene rings is 1. The molecule has 0 unspecified atom stereocenters. The zero-order valence-electron chi connectivity index (χ0n) is 10.8. The zero-order valence-corrected chi connectivity index (χ0v) is 11.6. The Morgan fingerprint density at radius 2 is 1.94 bits per heavy atom. The molecular formula is C16H20S. The molecule has 0 spiro atoms. The lowest BCUT2D eigenvalue weighted by Crippen LogP contribution is -1.63. The van der Waals surface area contributed by atoms with Crippen molar-refractivity contribution in [3.63, 3.8) is 0 Å². The minimum atomic E-state index is 1.13. The number of hydrogen-bond acceptors (Lipinski definition) is 1. The molecule has 0 aliphatic rings. The SMILES string of the molecule is C/C=C\C=C/CC.Cc1csc2ccccc12. The number of aryl methyl sites for hydroxylation is 1. The van der Waals surface area contributed by atoms with Crippen molar-refractivity contribution in [1.82, 2.24) is 0 Å². The van der Waals surface area contributed by atoms with Gasteiger partial charge in [0.1, 0.15) is 0 Å². The average molecular weight is 244 g/mol. The van der Waals surface area contributed by atoms with Crippen LogP contribution >= 0.6 is 11.3 Å². The van der Waals surface area contributed by atoms with Gasteiger partial charge in [0, 0.05) is 4.70 Å². The first-order valence-corrected chi connectivity index (χ1v) is 6.88. The first-order chi connectivity index (χ1) is 8.29. The molecule has 2 rings (SSSR count). The lowest BCUT2D eigenvalue weighted by atomic mass is 10.2. The summed E-state index contributed by atoms with van der Waals surface area (Å²) in [7, 11) is 0. The number of allylic oxidation sites excluding steroid dienone is 4. The van der Waals surface area contributed by atoms with Crippen molar-refractivity contribution in [1.29, 1.82) is 0 Å². The first kappa shape index (κ1) is 13.7. The predicted molar refractivity (Wildman–Crippen MR) is 80.8 cm³/mol. The molecule has 0 amide bonds. The van der Waals surface area contributed by atoms with E-state index in [4.69, 9.17) is 0 Å². The van der Waals surface area contributed by atoms with Gasteiger partial charge in [-0.25, -0.2) is 0 Å². The largest absolute Gasteiger partial charge is 0.144 e. The molecule has 1 heterocycles. The van der Waals surface area contributed by atoms with E-state index >= 15 is 0 Å². The predicted octanol–water partition coefficient (Wildman–Crippen LogP) is 5.74. The highest BCUT2D eigenvalue weighted by molar-refractivity contribution is 7.17. The molecule has 0 radical (unpaired) electrons. The van der Waals surface area contributed by atoms with Gasteiger partial charge in [-0.1, -0.05) is 49.4 Å². The van der Waals surface area contributed by atoms with Gasteiger partial charge >= 0.3 is 0 Å². The molecule has 1 heteroatoms. The van der Waals surface area contributed by atoms with E-state index in [1.165, 1.54) is 15.6 Å². The summed E-state index contributed by atoms with van der Waals surface area (Å²) >= 11 is 1.81. The number of benzene rings is 1. The fraction of sp³-hybridized carbons (Fsp3) is 0.250. The molecule has 0 saturated carbocycles. The minimum Gasteiger partial charge on any atom is -0.144 e. The van der Waals surface area contributed by atoms with Gasteiger partial charge in [0.05, 0.1) is 0 Å². The third-order valence-corrected chi connectivity index (χ3v) is 3.43. The van der Waals surface area contributed by atoms with Gasteiger partial charge in [-0.15, -0.1) is 11.3 Å². The van der Waals surface area contributed by atoms with Gasteiger partial charge in [0.2, 0.25) is 0 Å². The fourth-order valence-electron chi connectivity index (χ4n) is 1.44. The topological polar surface area (TPSA) is 0 Å². The summed E-state index contributed by atoms with van der Waals surface area (Å²) in [6, 6.07) is 8.49. The van der Waals surface area contributed by atoms with Crippen molar-refractivity contribution in [2.75, 3.05) is 0 Å².